The molecule has 0 saturated carbocycles. The third-order valence-corrected chi connectivity index (χ3v) is 1.21. The van der Waals surface area contributed by atoms with Crippen molar-refractivity contribution in [3.05, 3.63) is 0 Å². The molecule has 0 radical (unpaired) electrons. The molecule has 0 bridgehead atoms. The molecule has 5 nitrogen and oxygen atoms in total. The Labute approximate surface area is 121 Å². The van der Waals surface area contributed by atoms with Gasteiger partial charge < -0.3 is 25.1 Å². The molecule has 2 unspecified atom stereocenters. The standard InChI is InChI=1S/C6H11NO4.2Na/c1-3(5(8)9)7-4(2)6(10)11;;/h3-4,7H,1-2H3,(H,8,9)(H,10,11);;/q;2*+1/p-2. The monoisotopic (exact) mass is 205 g/mol. The van der Waals surface area contributed by atoms with Gasteiger partial charge in [-0.15, -0.1) is 0 Å². The third kappa shape index (κ3) is 9.21. The Morgan fingerprint density at radius 2 is 1.23 bits per heavy atom. The molecular formula is C6H9NNa2O4. The average Bonchev–Trinajstić information content (AvgIpc) is 1.87. The normalized spacial score (nSPS) is 13.1. The SMILES string of the molecule is CC(NC(C)C(=O)[O-])C(=O)[O-].[Na+].[Na+]. The van der Waals surface area contributed by atoms with Crippen molar-refractivity contribution in [3.63, 3.8) is 0 Å². The fraction of sp³-hybridized carbons (Fsp3) is 0.667. The summed E-state index contributed by atoms with van der Waals surface area (Å²) in [4.78, 5) is 20.1. The van der Waals surface area contributed by atoms with Crippen LogP contribution in [0.5, 0.6) is 0 Å². The molecule has 13 heavy (non-hydrogen) atoms. The summed E-state index contributed by atoms with van der Waals surface area (Å²) in [5, 5.41) is 22.4. The van der Waals surface area contributed by atoms with E-state index in [1.807, 2.05) is 0 Å². The Morgan fingerprint density at radius 3 is 1.38 bits per heavy atom. The molecule has 0 spiro atoms. The molecule has 0 fully saturated rings. The van der Waals surface area contributed by atoms with E-state index in [4.69, 9.17) is 0 Å². The van der Waals surface area contributed by atoms with Crippen LogP contribution in [0.15, 0.2) is 0 Å². The number of carboxylic acid groups (broad SMARTS) is 2. The minimum Gasteiger partial charge on any atom is -0.548 e. The van der Waals surface area contributed by atoms with Crippen molar-refractivity contribution in [2.45, 2.75) is 25.9 Å². The Balaban J connectivity index is -0.000000500. The van der Waals surface area contributed by atoms with E-state index in [9.17, 15) is 19.8 Å². The van der Waals surface area contributed by atoms with E-state index in [0.29, 0.717) is 0 Å². The Hall–Kier alpha value is 0.900. The van der Waals surface area contributed by atoms with Gasteiger partial charge in [0, 0.05) is 12.1 Å². The van der Waals surface area contributed by atoms with E-state index in [2.05, 4.69) is 5.32 Å². The van der Waals surface area contributed by atoms with Gasteiger partial charge >= 0.3 is 59.1 Å². The van der Waals surface area contributed by atoms with Crippen molar-refractivity contribution in [1.29, 1.82) is 0 Å². The van der Waals surface area contributed by atoms with Crippen LogP contribution in [0.3, 0.4) is 0 Å². The fourth-order valence-electron chi connectivity index (χ4n) is 0.511. The summed E-state index contributed by atoms with van der Waals surface area (Å²) in [7, 11) is 0. The predicted molar refractivity (Wildman–Crippen MR) is 32.1 cm³/mol. The first-order valence-corrected chi connectivity index (χ1v) is 3.13. The van der Waals surface area contributed by atoms with Crippen LogP contribution >= 0.6 is 0 Å². The summed E-state index contributed by atoms with van der Waals surface area (Å²) in [6, 6.07) is -1.97. The molecule has 0 aromatic carbocycles. The molecule has 7 heteroatoms. The van der Waals surface area contributed by atoms with E-state index in [1.165, 1.54) is 13.8 Å². The molecular weight excluding hydrogens is 196 g/mol. The number of rotatable bonds is 4. The van der Waals surface area contributed by atoms with Crippen LogP contribution < -0.4 is 74.6 Å². The average molecular weight is 205 g/mol. The molecule has 0 aliphatic heterocycles. The second-order valence-electron chi connectivity index (χ2n) is 2.25. The van der Waals surface area contributed by atoms with E-state index in [0.717, 1.165) is 0 Å². The van der Waals surface area contributed by atoms with Gasteiger partial charge in [-0.1, -0.05) is 0 Å². The molecule has 0 saturated heterocycles. The Bertz CT molecular complexity index is 158. The number of carbonyl (C=O) groups excluding carboxylic acids is 2. The maximum Gasteiger partial charge on any atom is 1.00 e. The zero-order valence-electron chi connectivity index (χ0n) is 8.29. The number of nitrogens with one attached hydrogen (secondary N) is 1. The molecule has 1 N–H and O–H groups in total. The minimum atomic E-state index is -1.34. The summed E-state index contributed by atoms with van der Waals surface area (Å²) in [6.45, 7) is 2.60. The van der Waals surface area contributed by atoms with Crippen LogP contribution in [-0.2, 0) is 9.59 Å². The van der Waals surface area contributed by atoms with Gasteiger partial charge in [-0.05, 0) is 13.8 Å². The molecule has 0 aromatic rings. The number of carbonyl (C=O) groups is 2. The first kappa shape index (κ1) is 19.5. The van der Waals surface area contributed by atoms with Gasteiger partial charge in [0.1, 0.15) is 0 Å². The molecule has 2 atom stereocenters. The number of hydrogen-bond donors (Lipinski definition) is 1. The van der Waals surface area contributed by atoms with Gasteiger partial charge in [-0.25, -0.2) is 0 Å². The van der Waals surface area contributed by atoms with Gasteiger partial charge in [0.05, 0.1) is 11.9 Å². The van der Waals surface area contributed by atoms with Crippen LogP contribution in [0.25, 0.3) is 0 Å². The van der Waals surface area contributed by atoms with E-state index < -0.39 is 24.0 Å². The van der Waals surface area contributed by atoms with Crippen molar-refractivity contribution in [3.8, 4) is 0 Å². The third-order valence-electron chi connectivity index (χ3n) is 1.21. The number of aliphatic carboxylic acids is 2. The van der Waals surface area contributed by atoms with Gasteiger partial charge in [0.2, 0.25) is 0 Å². The summed E-state index contributed by atoms with van der Waals surface area (Å²) in [5.41, 5.74) is 0. The van der Waals surface area contributed by atoms with E-state index >= 15 is 0 Å². The number of hydrogen-bond acceptors (Lipinski definition) is 5. The summed E-state index contributed by atoms with van der Waals surface area (Å²) in [5.74, 6) is -2.67. The molecule has 0 rings (SSSR count). The summed E-state index contributed by atoms with van der Waals surface area (Å²) >= 11 is 0. The molecule has 64 valence electrons. The maximum absolute atomic E-state index is 10.1. The predicted octanol–water partition coefficient (Wildman–Crippen LogP) is -9.14. The smallest absolute Gasteiger partial charge is 0.548 e. The van der Waals surface area contributed by atoms with Crippen LogP contribution in [0.2, 0.25) is 0 Å². The van der Waals surface area contributed by atoms with Crippen molar-refractivity contribution in [1.82, 2.24) is 5.32 Å². The van der Waals surface area contributed by atoms with Crippen molar-refractivity contribution in [2.75, 3.05) is 0 Å². The minimum absolute atomic E-state index is 0. The first-order valence-electron chi connectivity index (χ1n) is 3.13. The van der Waals surface area contributed by atoms with Gasteiger partial charge in [0.15, 0.2) is 0 Å². The van der Waals surface area contributed by atoms with E-state index in [-0.39, 0.29) is 59.1 Å². The zero-order valence-corrected chi connectivity index (χ0v) is 12.3. The van der Waals surface area contributed by atoms with Gasteiger partial charge in [-0.2, -0.15) is 0 Å². The fourth-order valence-corrected chi connectivity index (χ4v) is 0.511. The largest absolute Gasteiger partial charge is 1.00 e. The van der Waals surface area contributed by atoms with Crippen molar-refractivity contribution >= 4 is 11.9 Å². The summed E-state index contributed by atoms with van der Waals surface area (Å²) in [6.07, 6.45) is 0. The molecule has 0 aromatic heterocycles. The second kappa shape index (κ2) is 9.45. The molecule has 0 aliphatic rings. The molecule has 0 aliphatic carbocycles. The first-order chi connectivity index (χ1) is 4.95. The summed E-state index contributed by atoms with van der Waals surface area (Å²) < 4.78 is 0. The van der Waals surface area contributed by atoms with Crippen LogP contribution in [0, 0.1) is 0 Å². The molecule has 0 heterocycles. The molecule has 0 amide bonds. The topological polar surface area (TPSA) is 92.3 Å². The van der Waals surface area contributed by atoms with E-state index in [1.54, 1.807) is 0 Å². The van der Waals surface area contributed by atoms with Crippen LogP contribution in [-0.4, -0.2) is 24.0 Å². The van der Waals surface area contributed by atoms with Gasteiger partial charge in [0.25, 0.3) is 0 Å². The zero-order chi connectivity index (χ0) is 9.02. The van der Waals surface area contributed by atoms with Crippen molar-refractivity contribution in [2.24, 2.45) is 0 Å². The second-order valence-corrected chi connectivity index (χ2v) is 2.25. The Kier molecular flexibility index (Phi) is 14.2. The van der Waals surface area contributed by atoms with Crippen molar-refractivity contribution < 1.29 is 78.9 Å². The maximum atomic E-state index is 10.1. The number of carboxylic acids is 2. The van der Waals surface area contributed by atoms with Crippen LogP contribution in [0.4, 0.5) is 0 Å². The quantitative estimate of drug-likeness (QED) is 0.460. The van der Waals surface area contributed by atoms with Crippen LogP contribution in [0.1, 0.15) is 13.8 Å². The van der Waals surface area contributed by atoms with Gasteiger partial charge in [-0.3, -0.25) is 0 Å². The Morgan fingerprint density at radius 1 is 1.00 bits per heavy atom.